The fourth-order valence-corrected chi connectivity index (χ4v) is 1.65. The quantitative estimate of drug-likeness (QED) is 0.668. The Labute approximate surface area is 117 Å². The van der Waals surface area contributed by atoms with Crippen molar-refractivity contribution in [1.29, 1.82) is 0 Å². The SMILES string of the molecule is CC(C)NCc1cnc(-c2ccc([N+](=O)[O-])cc2)nc1. The number of rotatable bonds is 5. The van der Waals surface area contributed by atoms with Gasteiger partial charge in [-0.15, -0.1) is 0 Å². The van der Waals surface area contributed by atoms with Crippen molar-refractivity contribution in [2.45, 2.75) is 26.4 Å². The Bertz CT molecular complexity index is 579. The molecule has 0 saturated carbocycles. The molecule has 0 fully saturated rings. The van der Waals surface area contributed by atoms with Gasteiger partial charge < -0.3 is 5.32 Å². The third kappa shape index (κ3) is 3.58. The van der Waals surface area contributed by atoms with E-state index in [1.807, 2.05) is 0 Å². The molecule has 0 unspecified atom stereocenters. The van der Waals surface area contributed by atoms with Crippen LogP contribution in [0.2, 0.25) is 0 Å². The van der Waals surface area contributed by atoms with Gasteiger partial charge in [0.05, 0.1) is 4.92 Å². The van der Waals surface area contributed by atoms with Gasteiger partial charge in [0.25, 0.3) is 5.69 Å². The zero-order valence-electron chi connectivity index (χ0n) is 11.4. The van der Waals surface area contributed by atoms with E-state index < -0.39 is 4.92 Å². The number of benzene rings is 1. The number of nitro benzene ring substituents is 1. The second-order valence-corrected chi connectivity index (χ2v) is 4.75. The average molecular weight is 272 g/mol. The number of hydrogen-bond acceptors (Lipinski definition) is 5. The first-order valence-corrected chi connectivity index (χ1v) is 6.35. The molecule has 1 aromatic heterocycles. The van der Waals surface area contributed by atoms with Crippen LogP contribution in [0.3, 0.4) is 0 Å². The first-order valence-electron chi connectivity index (χ1n) is 6.35. The molecule has 6 heteroatoms. The van der Waals surface area contributed by atoms with E-state index in [0.717, 1.165) is 17.7 Å². The molecule has 0 saturated heterocycles. The van der Waals surface area contributed by atoms with Crippen LogP contribution >= 0.6 is 0 Å². The molecule has 0 bridgehead atoms. The highest BCUT2D eigenvalue weighted by Gasteiger charge is 2.07. The lowest BCUT2D eigenvalue weighted by Gasteiger charge is -2.07. The normalized spacial score (nSPS) is 10.8. The van der Waals surface area contributed by atoms with E-state index in [2.05, 4.69) is 29.1 Å². The monoisotopic (exact) mass is 272 g/mol. The Morgan fingerprint density at radius 1 is 1.20 bits per heavy atom. The van der Waals surface area contributed by atoms with Gasteiger partial charge in [0.1, 0.15) is 0 Å². The van der Waals surface area contributed by atoms with Gasteiger partial charge in [0.2, 0.25) is 0 Å². The van der Waals surface area contributed by atoms with Crippen molar-refractivity contribution in [1.82, 2.24) is 15.3 Å². The molecule has 104 valence electrons. The van der Waals surface area contributed by atoms with Crippen molar-refractivity contribution in [3.05, 3.63) is 52.3 Å². The van der Waals surface area contributed by atoms with Gasteiger partial charge >= 0.3 is 0 Å². The van der Waals surface area contributed by atoms with Gasteiger partial charge in [-0.2, -0.15) is 0 Å². The molecule has 0 aliphatic carbocycles. The minimum atomic E-state index is -0.425. The number of aromatic nitrogens is 2. The number of nitrogens with one attached hydrogen (secondary N) is 1. The molecule has 0 radical (unpaired) electrons. The van der Waals surface area contributed by atoms with Crippen LogP contribution in [0.4, 0.5) is 5.69 Å². The van der Waals surface area contributed by atoms with E-state index in [0.29, 0.717) is 11.9 Å². The molecule has 0 spiro atoms. The van der Waals surface area contributed by atoms with E-state index in [-0.39, 0.29) is 5.69 Å². The van der Waals surface area contributed by atoms with Crippen LogP contribution in [0.15, 0.2) is 36.7 Å². The number of nitrogens with zero attached hydrogens (tertiary/aromatic N) is 3. The van der Waals surface area contributed by atoms with Crippen molar-refractivity contribution < 1.29 is 4.92 Å². The summed E-state index contributed by atoms with van der Waals surface area (Å²) in [6.45, 7) is 4.87. The van der Waals surface area contributed by atoms with Crippen molar-refractivity contribution in [2.24, 2.45) is 0 Å². The molecule has 2 aromatic rings. The summed E-state index contributed by atoms with van der Waals surface area (Å²) in [5.74, 6) is 0.563. The van der Waals surface area contributed by atoms with Crippen molar-refractivity contribution in [3.8, 4) is 11.4 Å². The topological polar surface area (TPSA) is 81.0 Å². The van der Waals surface area contributed by atoms with Crippen LogP contribution in [0.1, 0.15) is 19.4 Å². The second kappa shape index (κ2) is 6.21. The summed E-state index contributed by atoms with van der Waals surface area (Å²) in [5.41, 5.74) is 1.83. The van der Waals surface area contributed by atoms with Gasteiger partial charge in [0.15, 0.2) is 5.82 Å². The summed E-state index contributed by atoms with van der Waals surface area (Å²) in [6, 6.07) is 6.61. The standard InChI is InChI=1S/C14H16N4O2/c1-10(2)15-7-11-8-16-14(17-9-11)12-3-5-13(6-4-12)18(19)20/h3-6,8-10,15H,7H2,1-2H3. The molecular weight excluding hydrogens is 256 g/mol. The molecule has 6 nitrogen and oxygen atoms in total. The predicted octanol–water partition coefficient (Wildman–Crippen LogP) is 2.55. The van der Waals surface area contributed by atoms with Gasteiger partial charge in [-0.05, 0) is 12.1 Å². The zero-order valence-corrected chi connectivity index (χ0v) is 11.4. The molecule has 1 aromatic carbocycles. The summed E-state index contributed by atoms with van der Waals surface area (Å²) in [7, 11) is 0. The lowest BCUT2D eigenvalue weighted by atomic mass is 10.2. The van der Waals surface area contributed by atoms with E-state index in [9.17, 15) is 10.1 Å². The van der Waals surface area contributed by atoms with Gasteiger partial charge in [-0.1, -0.05) is 13.8 Å². The molecule has 20 heavy (non-hydrogen) atoms. The lowest BCUT2D eigenvalue weighted by molar-refractivity contribution is -0.384. The minimum Gasteiger partial charge on any atom is -0.310 e. The van der Waals surface area contributed by atoms with Crippen LogP contribution < -0.4 is 5.32 Å². The molecule has 0 atom stereocenters. The van der Waals surface area contributed by atoms with Gasteiger partial charge in [-0.25, -0.2) is 9.97 Å². The highest BCUT2D eigenvalue weighted by molar-refractivity contribution is 5.56. The molecular formula is C14H16N4O2. The Balaban J connectivity index is 2.11. The molecule has 0 aliphatic heterocycles. The number of hydrogen-bond donors (Lipinski definition) is 1. The Kier molecular flexibility index (Phi) is 4.37. The lowest BCUT2D eigenvalue weighted by Crippen LogP contribution is -2.21. The third-order valence-electron chi connectivity index (χ3n) is 2.76. The first-order chi connectivity index (χ1) is 9.56. The highest BCUT2D eigenvalue weighted by atomic mass is 16.6. The molecule has 0 aliphatic rings. The first kappa shape index (κ1) is 14.1. The Hall–Kier alpha value is -2.34. The summed E-state index contributed by atoms with van der Waals surface area (Å²) < 4.78 is 0. The van der Waals surface area contributed by atoms with E-state index in [4.69, 9.17) is 0 Å². The van der Waals surface area contributed by atoms with Crippen LogP contribution in [0.5, 0.6) is 0 Å². The molecule has 1 heterocycles. The van der Waals surface area contributed by atoms with Gasteiger partial charge in [0, 0.05) is 48.2 Å². The maximum Gasteiger partial charge on any atom is 0.269 e. The maximum atomic E-state index is 10.6. The Morgan fingerprint density at radius 3 is 2.30 bits per heavy atom. The Morgan fingerprint density at radius 2 is 1.80 bits per heavy atom. The number of nitro groups is 1. The highest BCUT2D eigenvalue weighted by Crippen LogP contribution is 2.18. The fraction of sp³-hybridized carbons (Fsp3) is 0.286. The average Bonchev–Trinajstić information content (AvgIpc) is 2.46. The van der Waals surface area contributed by atoms with E-state index in [1.165, 1.54) is 12.1 Å². The molecule has 0 amide bonds. The minimum absolute atomic E-state index is 0.0616. The molecule has 2 rings (SSSR count). The number of non-ortho nitro benzene ring substituents is 1. The van der Waals surface area contributed by atoms with Gasteiger partial charge in [-0.3, -0.25) is 10.1 Å². The van der Waals surface area contributed by atoms with Crippen LogP contribution in [-0.2, 0) is 6.54 Å². The maximum absolute atomic E-state index is 10.6. The van der Waals surface area contributed by atoms with Crippen LogP contribution in [0.25, 0.3) is 11.4 Å². The van der Waals surface area contributed by atoms with E-state index >= 15 is 0 Å². The third-order valence-corrected chi connectivity index (χ3v) is 2.76. The largest absolute Gasteiger partial charge is 0.310 e. The summed E-state index contributed by atoms with van der Waals surface area (Å²) in [6.07, 6.45) is 3.53. The van der Waals surface area contributed by atoms with Crippen molar-refractivity contribution in [2.75, 3.05) is 0 Å². The fourth-order valence-electron chi connectivity index (χ4n) is 1.65. The smallest absolute Gasteiger partial charge is 0.269 e. The summed E-state index contributed by atoms with van der Waals surface area (Å²) in [5, 5.41) is 13.9. The van der Waals surface area contributed by atoms with E-state index in [1.54, 1.807) is 24.5 Å². The van der Waals surface area contributed by atoms with Crippen molar-refractivity contribution in [3.63, 3.8) is 0 Å². The second-order valence-electron chi connectivity index (χ2n) is 4.75. The van der Waals surface area contributed by atoms with Crippen molar-refractivity contribution >= 4 is 5.69 Å². The summed E-state index contributed by atoms with van der Waals surface area (Å²) in [4.78, 5) is 18.7. The predicted molar refractivity (Wildman–Crippen MR) is 76.1 cm³/mol. The molecule has 1 N–H and O–H groups in total. The zero-order chi connectivity index (χ0) is 14.5. The summed E-state index contributed by atoms with van der Waals surface area (Å²) >= 11 is 0. The van der Waals surface area contributed by atoms with Crippen LogP contribution in [0, 0.1) is 10.1 Å². The van der Waals surface area contributed by atoms with Crippen LogP contribution in [-0.4, -0.2) is 20.9 Å².